The topological polar surface area (TPSA) is 68.3 Å². The fourth-order valence-electron chi connectivity index (χ4n) is 1.37. The van der Waals surface area contributed by atoms with Crippen molar-refractivity contribution >= 4 is 15.5 Å². The number of nitrogens with zero attached hydrogens (tertiary/aromatic N) is 1. The highest BCUT2D eigenvalue weighted by molar-refractivity contribution is 7.90. The summed E-state index contributed by atoms with van der Waals surface area (Å²) in [6.07, 6.45) is 2.83. The first-order valence-electron chi connectivity index (χ1n) is 4.85. The van der Waals surface area contributed by atoms with Crippen molar-refractivity contribution < 1.29 is 13.2 Å². The number of pyridine rings is 1. The highest BCUT2D eigenvalue weighted by Gasteiger charge is 2.10. The molecule has 0 saturated heterocycles. The molecule has 5 nitrogen and oxygen atoms in total. The summed E-state index contributed by atoms with van der Waals surface area (Å²) >= 11 is 0. The molecule has 0 fully saturated rings. The predicted octanol–water partition coefficient (Wildman–Crippen LogP) is 0.935. The molecule has 1 rings (SSSR count). The summed E-state index contributed by atoms with van der Waals surface area (Å²) in [6, 6.07) is 3.37. The van der Waals surface area contributed by atoms with Gasteiger partial charge in [0.15, 0.2) is 0 Å². The van der Waals surface area contributed by atoms with E-state index in [0.29, 0.717) is 5.88 Å². The molecule has 0 aliphatic carbocycles. The number of rotatable bonds is 5. The maximum Gasteiger partial charge on any atom is 0.213 e. The lowest BCUT2D eigenvalue weighted by Gasteiger charge is -2.13. The first-order valence-corrected chi connectivity index (χ1v) is 6.91. The minimum absolute atomic E-state index is 0.0963. The van der Waals surface area contributed by atoms with Gasteiger partial charge in [-0.05, 0) is 13.0 Å². The van der Waals surface area contributed by atoms with Gasteiger partial charge in [0.25, 0.3) is 0 Å². The molecule has 16 heavy (non-hydrogen) atoms. The van der Waals surface area contributed by atoms with Crippen LogP contribution in [-0.4, -0.2) is 38.6 Å². The van der Waals surface area contributed by atoms with E-state index in [2.05, 4.69) is 10.3 Å². The van der Waals surface area contributed by atoms with Gasteiger partial charge in [-0.2, -0.15) is 0 Å². The summed E-state index contributed by atoms with van der Waals surface area (Å²) in [5.41, 5.74) is 0.775. The van der Waals surface area contributed by atoms with Gasteiger partial charge < -0.3 is 10.1 Å². The molecular weight excluding hydrogens is 228 g/mol. The number of sulfone groups is 1. The van der Waals surface area contributed by atoms with Crippen molar-refractivity contribution in [3.63, 3.8) is 0 Å². The van der Waals surface area contributed by atoms with Crippen LogP contribution in [0.4, 0.5) is 5.69 Å². The van der Waals surface area contributed by atoms with E-state index in [1.807, 2.05) is 6.92 Å². The van der Waals surface area contributed by atoms with Crippen molar-refractivity contribution in [2.75, 3.05) is 24.4 Å². The summed E-state index contributed by atoms with van der Waals surface area (Å²) < 4.78 is 27.0. The van der Waals surface area contributed by atoms with Crippen LogP contribution in [-0.2, 0) is 9.84 Å². The molecule has 0 aliphatic rings. The van der Waals surface area contributed by atoms with Crippen LogP contribution in [0.3, 0.4) is 0 Å². The fraction of sp³-hybridized carbons (Fsp3) is 0.500. The third-order valence-corrected chi connectivity index (χ3v) is 3.02. The van der Waals surface area contributed by atoms with Gasteiger partial charge >= 0.3 is 0 Å². The number of hydrogen-bond donors (Lipinski definition) is 1. The first kappa shape index (κ1) is 12.8. The Kier molecular flexibility index (Phi) is 4.12. The second-order valence-electron chi connectivity index (χ2n) is 3.73. The zero-order valence-electron chi connectivity index (χ0n) is 9.60. The van der Waals surface area contributed by atoms with Crippen LogP contribution in [0.1, 0.15) is 6.92 Å². The van der Waals surface area contributed by atoms with Crippen LogP contribution in [0.25, 0.3) is 0 Å². The van der Waals surface area contributed by atoms with Gasteiger partial charge in [-0.3, -0.25) is 0 Å². The minimum atomic E-state index is -2.96. The molecule has 0 bridgehead atoms. The SMILES string of the molecule is COc1ccc(NC(C)CS(C)(=O)=O)cn1. The highest BCUT2D eigenvalue weighted by atomic mass is 32.2. The molecule has 1 aromatic rings. The number of methoxy groups -OCH3 is 1. The normalized spacial score (nSPS) is 13.2. The summed E-state index contributed by atoms with van der Waals surface area (Å²) in [5, 5.41) is 3.05. The smallest absolute Gasteiger partial charge is 0.213 e. The third kappa shape index (κ3) is 4.48. The largest absolute Gasteiger partial charge is 0.481 e. The van der Waals surface area contributed by atoms with Crippen LogP contribution < -0.4 is 10.1 Å². The van der Waals surface area contributed by atoms with E-state index in [1.165, 1.54) is 6.26 Å². The monoisotopic (exact) mass is 244 g/mol. The summed E-state index contributed by atoms with van der Waals surface area (Å²) in [6.45, 7) is 1.81. The summed E-state index contributed by atoms with van der Waals surface area (Å²) in [5.74, 6) is 0.625. The lowest BCUT2D eigenvalue weighted by molar-refractivity contribution is 0.398. The molecule has 0 aliphatic heterocycles. The van der Waals surface area contributed by atoms with Crippen molar-refractivity contribution in [3.8, 4) is 5.88 Å². The molecule has 90 valence electrons. The predicted molar refractivity (Wildman–Crippen MR) is 63.6 cm³/mol. The summed E-state index contributed by atoms with van der Waals surface area (Å²) in [4.78, 5) is 4.01. The summed E-state index contributed by atoms with van der Waals surface area (Å²) in [7, 11) is -1.42. The van der Waals surface area contributed by atoms with Gasteiger partial charge in [0.05, 0.1) is 24.7 Å². The Balaban J connectivity index is 2.59. The molecule has 0 radical (unpaired) electrons. The zero-order chi connectivity index (χ0) is 12.2. The van der Waals surface area contributed by atoms with Crippen LogP contribution >= 0.6 is 0 Å². The number of anilines is 1. The number of nitrogens with one attached hydrogen (secondary N) is 1. The van der Waals surface area contributed by atoms with Crippen molar-refractivity contribution in [2.24, 2.45) is 0 Å². The number of aromatic nitrogens is 1. The molecule has 0 spiro atoms. The van der Waals surface area contributed by atoms with Gasteiger partial charge in [0.1, 0.15) is 9.84 Å². The van der Waals surface area contributed by atoms with Gasteiger partial charge in [0.2, 0.25) is 5.88 Å². The van der Waals surface area contributed by atoms with Crippen LogP contribution in [0.5, 0.6) is 5.88 Å². The van der Waals surface area contributed by atoms with E-state index in [4.69, 9.17) is 4.74 Å². The van der Waals surface area contributed by atoms with Crippen LogP contribution in [0, 0.1) is 0 Å². The second-order valence-corrected chi connectivity index (χ2v) is 5.91. The van der Waals surface area contributed by atoms with E-state index in [9.17, 15) is 8.42 Å². The van der Waals surface area contributed by atoms with E-state index < -0.39 is 9.84 Å². The molecule has 1 heterocycles. The maximum atomic E-state index is 11.1. The molecule has 6 heteroatoms. The lowest BCUT2D eigenvalue weighted by Crippen LogP contribution is -2.24. The number of ether oxygens (including phenoxy) is 1. The molecule has 1 aromatic heterocycles. The molecule has 0 amide bonds. The molecule has 1 N–H and O–H groups in total. The van der Waals surface area contributed by atoms with Gasteiger partial charge in [-0.1, -0.05) is 0 Å². The van der Waals surface area contributed by atoms with Crippen molar-refractivity contribution in [3.05, 3.63) is 18.3 Å². The van der Waals surface area contributed by atoms with Crippen molar-refractivity contribution in [1.29, 1.82) is 0 Å². The van der Waals surface area contributed by atoms with E-state index in [-0.39, 0.29) is 11.8 Å². The Bertz CT molecular complexity index is 428. The van der Waals surface area contributed by atoms with Gasteiger partial charge in [0, 0.05) is 18.4 Å². The fourth-order valence-corrected chi connectivity index (χ4v) is 2.36. The highest BCUT2D eigenvalue weighted by Crippen LogP contribution is 2.12. The Labute approximate surface area is 95.8 Å². The molecule has 1 atom stereocenters. The van der Waals surface area contributed by atoms with E-state index in [0.717, 1.165) is 5.69 Å². The van der Waals surface area contributed by atoms with Crippen molar-refractivity contribution in [2.45, 2.75) is 13.0 Å². The van der Waals surface area contributed by atoms with Crippen LogP contribution in [0.2, 0.25) is 0 Å². The average Bonchev–Trinajstić information content (AvgIpc) is 2.16. The van der Waals surface area contributed by atoms with E-state index in [1.54, 1.807) is 25.4 Å². The molecular formula is C10H16N2O3S. The second kappa shape index (κ2) is 5.16. The van der Waals surface area contributed by atoms with Gasteiger partial charge in [-0.15, -0.1) is 0 Å². The Hall–Kier alpha value is -1.30. The number of hydrogen-bond acceptors (Lipinski definition) is 5. The first-order chi connectivity index (χ1) is 7.40. The zero-order valence-corrected chi connectivity index (χ0v) is 10.4. The van der Waals surface area contributed by atoms with Crippen LogP contribution in [0.15, 0.2) is 18.3 Å². The van der Waals surface area contributed by atoms with Crippen molar-refractivity contribution in [1.82, 2.24) is 4.98 Å². The van der Waals surface area contributed by atoms with Gasteiger partial charge in [-0.25, -0.2) is 13.4 Å². The molecule has 1 unspecified atom stereocenters. The minimum Gasteiger partial charge on any atom is -0.481 e. The average molecular weight is 244 g/mol. The Morgan fingerprint density at radius 2 is 2.19 bits per heavy atom. The lowest BCUT2D eigenvalue weighted by atomic mass is 10.3. The standard InChI is InChI=1S/C10H16N2O3S/c1-8(7-16(3,13)14)12-9-4-5-10(15-2)11-6-9/h4-6,8,12H,7H2,1-3H3. The Morgan fingerprint density at radius 3 is 2.62 bits per heavy atom. The maximum absolute atomic E-state index is 11.1. The van der Waals surface area contributed by atoms with E-state index >= 15 is 0 Å². The quantitative estimate of drug-likeness (QED) is 0.834. The Morgan fingerprint density at radius 1 is 1.50 bits per heavy atom. The molecule has 0 saturated carbocycles. The third-order valence-electron chi connectivity index (χ3n) is 1.91. The molecule has 0 aromatic carbocycles.